The van der Waals surface area contributed by atoms with Gasteiger partial charge in [-0.3, -0.25) is 0 Å². The van der Waals surface area contributed by atoms with Crippen molar-refractivity contribution < 1.29 is 0 Å². The van der Waals surface area contributed by atoms with E-state index in [1.54, 1.807) is 0 Å². The highest BCUT2D eigenvalue weighted by atomic mass is 79.9. The predicted molar refractivity (Wildman–Crippen MR) is 97.5 cm³/mol. The average molecular weight is 374 g/mol. The van der Waals surface area contributed by atoms with Gasteiger partial charge in [-0.05, 0) is 47.5 Å². The number of benzene rings is 3. The topological polar surface area (TPSA) is 0 Å². The highest BCUT2D eigenvalue weighted by molar-refractivity contribution is 9.10. The van der Waals surface area contributed by atoms with Crippen molar-refractivity contribution in [2.45, 2.75) is 0 Å². The Morgan fingerprint density at radius 1 is 0.810 bits per heavy atom. The number of hydrogen-bond donors (Lipinski definition) is 0. The summed E-state index contributed by atoms with van der Waals surface area (Å²) in [5.74, 6) is 0. The van der Waals surface area contributed by atoms with Gasteiger partial charge in [-0.1, -0.05) is 51.8 Å². The quantitative estimate of drug-likeness (QED) is 0.332. The smallest absolute Gasteiger partial charge is 0.0412 e. The van der Waals surface area contributed by atoms with E-state index >= 15 is 0 Å². The van der Waals surface area contributed by atoms with Gasteiger partial charge in [0.25, 0.3) is 0 Å². The van der Waals surface area contributed by atoms with E-state index in [0.29, 0.717) is 0 Å². The Kier molecular flexibility index (Phi) is 3.26. The van der Waals surface area contributed by atoms with Gasteiger partial charge in [-0.2, -0.15) is 0 Å². The molecule has 0 unspecified atom stereocenters. The molecule has 1 heterocycles. The first-order valence-corrected chi connectivity index (χ1v) is 8.58. The fourth-order valence-corrected chi connectivity index (χ4v) is 4.65. The van der Waals surface area contributed by atoms with E-state index in [2.05, 4.69) is 58.4 Å². The standard InChI is InChI=1S/C18H10BrClS/c19-15-5-2-6-17-18(15)14-10-12(7-8-16(14)21-17)11-3-1-4-13(20)9-11/h1-10H. The fourth-order valence-electron chi connectivity index (χ4n) is 2.63. The molecule has 0 aliphatic heterocycles. The Hall–Kier alpha value is -1.35. The summed E-state index contributed by atoms with van der Waals surface area (Å²) in [5, 5.41) is 3.35. The summed E-state index contributed by atoms with van der Waals surface area (Å²) in [6, 6.07) is 21.0. The maximum absolute atomic E-state index is 6.11. The molecule has 0 N–H and O–H groups in total. The van der Waals surface area contributed by atoms with Gasteiger partial charge in [0.1, 0.15) is 0 Å². The minimum absolute atomic E-state index is 0.768. The van der Waals surface area contributed by atoms with Crippen LogP contribution in [0.2, 0.25) is 5.02 Å². The van der Waals surface area contributed by atoms with E-state index in [0.717, 1.165) is 15.1 Å². The zero-order chi connectivity index (χ0) is 14.4. The van der Waals surface area contributed by atoms with Crippen molar-refractivity contribution in [2.24, 2.45) is 0 Å². The molecule has 0 aliphatic carbocycles. The van der Waals surface area contributed by atoms with Gasteiger partial charge in [-0.15, -0.1) is 11.3 Å². The van der Waals surface area contributed by atoms with Gasteiger partial charge < -0.3 is 0 Å². The van der Waals surface area contributed by atoms with Crippen molar-refractivity contribution in [1.82, 2.24) is 0 Å². The Morgan fingerprint density at radius 3 is 2.48 bits per heavy atom. The van der Waals surface area contributed by atoms with E-state index in [1.165, 1.54) is 25.7 Å². The van der Waals surface area contributed by atoms with E-state index < -0.39 is 0 Å². The minimum Gasteiger partial charge on any atom is -0.135 e. The minimum atomic E-state index is 0.768. The molecule has 0 amide bonds. The molecule has 0 atom stereocenters. The second-order valence-corrected chi connectivity index (χ2v) is 7.31. The average Bonchev–Trinajstić information content (AvgIpc) is 2.86. The molecule has 1 aromatic heterocycles. The summed E-state index contributed by atoms with van der Waals surface area (Å²) in [5.41, 5.74) is 2.34. The first kappa shape index (κ1) is 13.3. The number of halogens is 2. The first-order chi connectivity index (χ1) is 10.2. The molecule has 0 saturated carbocycles. The van der Waals surface area contributed by atoms with E-state index in [-0.39, 0.29) is 0 Å². The van der Waals surface area contributed by atoms with Crippen molar-refractivity contribution in [3.05, 3.63) is 70.2 Å². The van der Waals surface area contributed by atoms with Gasteiger partial charge in [0.2, 0.25) is 0 Å². The third-order valence-electron chi connectivity index (χ3n) is 3.60. The second kappa shape index (κ2) is 5.13. The molecule has 0 spiro atoms. The summed E-state index contributed by atoms with van der Waals surface area (Å²) in [6.45, 7) is 0. The number of thiophene rings is 1. The summed E-state index contributed by atoms with van der Waals surface area (Å²) in [6.07, 6.45) is 0. The third kappa shape index (κ3) is 2.28. The molecule has 21 heavy (non-hydrogen) atoms. The molecule has 3 heteroatoms. The summed E-state index contributed by atoms with van der Waals surface area (Å²) < 4.78 is 3.76. The van der Waals surface area contributed by atoms with Crippen molar-refractivity contribution >= 4 is 59.0 Å². The molecule has 0 radical (unpaired) electrons. The van der Waals surface area contributed by atoms with Crippen LogP contribution in [0.15, 0.2) is 65.1 Å². The molecule has 102 valence electrons. The van der Waals surface area contributed by atoms with Gasteiger partial charge in [0, 0.05) is 29.7 Å². The highest BCUT2D eigenvalue weighted by Gasteiger charge is 2.09. The van der Waals surface area contributed by atoms with Crippen molar-refractivity contribution in [1.29, 1.82) is 0 Å². The largest absolute Gasteiger partial charge is 0.135 e. The zero-order valence-electron chi connectivity index (χ0n) is 10.9. The van der Waals surface area contributed by atoms with Crippen LogP contribution in [-0.4, -0.2) is 0 Å². The Bertz CT molecular complexity index is 971. The Labute approximate surface area is 140 Å². The number of hydrogen-bond acceptors (Lipinski definition) is 1. The van der Waals surface area contributed by atoms with Crippen LogP contribution >= 0.6 is 38.9 Å². The van der Waals surface area contributed by atoms with Crippen LogP contribution < -0.4 is 0 Å². The molecular weight excluding hydrogens is 364 g/mol. The SMILES string of the molecule is Clc1cccc(-c2ccc3sc4cccc(Br)c4c3c2)c1. The van der Waals surface area contributed by atoms with Gasteiger partial charge in [0.05, 0.1) is 0 Å². The molecule has 0 nitrogen and oxygen atoms in total. The van der Waals surface area contributed by atoms with Crippen LogP contribution in [0.1, 0.15) is 0 Å². The van der Waals surface area contributed by atoms with Crippen molar-refractivity contribution in [3.63, 3.8) is 0 Å². The van der Waals surface area contributed by atoms with Crippen LogP contribution in [0.25, 0.3) is 31.3 Å². The summed E-state index contributed by atoms with van der Waals surface area (Å²) in [4.78, 5) is 0. The molecule has 4 aromatic rings. The predicted octanol–water partition coefficient (Wildman–Crippen LogP) is 7.14. The van der Waals surface area contributed by atoms with Crippen LogP contribution in [-0.2, 0) is 0 Å². The fraction of sp³-hybridized carbons (Fsp3) is 0. The Morgan fingerprint density at radius 2 is 1.62 bits per heavy atom. The van der Waals surface area contributed by atoms with Gasteiger partial charge in [0.15, 0.2) is 0 Å². The first-order valence-electron chi connectivity index (χ1n) is 6.59. The number of rotatable bonds is 1. The molecule has 0 bridgehead atoms. The van der Waals surface area contributed by atoms with Gasteiger partial charge >= 0.3 is 0 Å². The Balaban J connectivity index is 2.03. The molecule has 3 aromatic carbocycles. The lowest BCUT2D eigenvalue weighted by Gasteiger charge is -2.03. The van der Waals surface area contributed by atoms with E-state index in [1.807, 2.05) is 29.5 Å². The lowest BCUT2D eigenvalue weighted by atomic mass is 10.0. The molecule has 0 aliphatic rings. The maximum atomic E-state index is 6.11. The third-order valence-corrected chi connectivity index (χ3v) is 5.63. The van der Waals surface area contributed by atoms with Crippen LogP contribution in [0.5, 0.6) is 0 Å². The number of fused-ring (bicyclic) bond motifs is 3. The molecular formula is C18H10BrClS. The lowest BCUT2D eigenvalue weighted by molar-refractivity contribution is 1.65. The van der Waals surface area contributed by atoms with Crippen molar-refractivity contribution in [3.8, 4) is 11.1 Å². The monoisotopic (exact) mass is 372 g/mol. The van der Waals surface area contributed by atoms with Crippen molar-refractivity contribution in [2.75, 3.05) is 0 Å². The maximum Gasteiger partial charge on any atom is 0.0412 e. The van der Waals surface area contributed by atoms with E-state index in [4.69, 9.17) is 11.6 Å². The van der Waals surface area contributed by atoms with Crippen LogP contribution in [0.3, 0.4) is 0 Å². The summed E-state index contributed by atoms with van der Waals surface area (Å²) in [7, 11) is 0. The molecule has 4 rings (SSSR count). The highest BCUT2D eigenvalue weighted by Crippen LogP contribution is 2.39. The van der Waals surface area contributed by atoms with Crippen LogP contribution in [0, 0.1) is 0 Å². The molecule has 0 saturated heterocycles. The second-order valence-electron chi connectivity index (χ2n) is 4.94. The van der Waals surface area contributed by atoms with Crippen LogP contribution in [0.4, 0.5) is 0 Å². The lowest BCUT2D eigenvalue weighted by Crippen LogP contribution is -1.77. The summed E-state index contributed by atoms with van der Waals surface area (Å²) >= 11 is 11.6. The van der Waals surface area contributed by atoms with Gasteiger partial charge in [-0.25, -0.2) is 0 Å². The normalized spacial score (nSPS) is 11.3. The van der Waals surface area contributed by atoms with E-state index in [9.17, 15) is 0 Å². The molecule has 0 fully saturated rings. The zero-order valence-corrected chi connectivity index (χ0v) is 14.1.